The molecule has 0 spiro atoms. The highest BCUT2D eigenvalue weighted by atomic mass is 32.2. The molecule has 1 heterocycles. The lowest BCUT2D eigenvalue weighted by Gasteiger charge is -2.24. The van der Waals surface area contributed by atoms with Crippen LogP contribution in [0.2, 0.25) is 0 Å². The van der Waals surface area contributed by atoms with Gasteiger partial charge in [-0.3, -0.25) is 9.69 Å². The highest BCUT2D eigenvalue weighted by Gasteiger charge is 2.21. The number of rotatable bonds is 11. The molecule has 4 nitrogen and oxygen atoms in total. The molecule has 0 bridgehead atoms. The maximum Gasteiger partial charge on any atom is 0.228 e. The van der Waals surface area contributed by atoms with Gasteiger partial charge in [0.1, 0.15) is 17.2 Å². The summed E-state index contributed by atoms with van der Waals surface area (Å²) in [5.74, 6) is -1.06. The first-order valence-corrected chi connectivity index (χ1v) is 12.4. The monoisotopic (exact) mass is 481 g/mol. The molecule has 1 aromatic heterocycles. The molecule has 0 atom stereocenters. The highest BCUT2D eigenvalue weighted by Crippen LogP contribution is 2.31. The Morgan fingerprint density at radius 1 is 1.03 bits per heavy atom. The van der Waals surface area contributed by atoms with Crippen LogP contribution in [0.25, 0.3) is 10.2 Å². The highest BCUT2D eigenvalue weighted by molar-refractivity contribution is 7.99. The Morgan fingerprint density at radius 3 is 2.44 bits per heavy atom. The summed E-state index contributed by atoms with van der Waals surface area (Å²) in [6, 6.07) is 8.31. The van der Waals surface area contributed by atoms with E-state index < -0.39 is 11.6 Å². The zero-order chi connectivity index (χ0) is 23.1. The minimum atomic E-state index is -0.727. The van der Waals surface area contributed by atoms with Crippen molar-refractivity contribution in [3.05, 3.63) is 53.8 Å². The van der Waals surface area contributed by atoms with E-state index in [9.17, 15) is 18.0 Å². The summed E-state index contributed by atoms with van der Waals surface area (Å²) < 4.78 is 41.2. The summed E-state index contributed by atoms with van der Waals surface area (Å²) >= 11 is 2.68. The standard InChI is InChI=1S/C23H26F3N3OS2/c1-3-28(4-2)11-12-29(23-27-22-19(26)14-17(25)15-20(22)32-23)21(30)6-5-13-31-18-9-7-16(24)8-10-18/h7-10,14-15H,3-6,11-13H2,1-2H3. The largest absolute Gasteiger partial charge is 0.302 e. The van der Waals surface area contributed by atoms with Gasteiger partial charge in [0.2, 0.25) is 5.91 Å². The quantitative estimate of drug-likeness (QED) is 0.250. The van der Waals surface area contributed by atoms with Gasteiger partial charge in [-0.05, 0) is 55.6 Å². The molecule has 0 saturated carbocycles. The van der Waals surface area contributed by atoms with Crippen molar-refractivity contribution in [2.24, 2.45) is 0 Å². The average molecular weight is 482 g/mol. The van der Waals surface area contributed by atoms with Gasteiger partial charge in [-0.2, -0.15) is 0 Å². The smallest absolute Gasteiger partial charge is 0.228 e. The number of hydrogen-bond donors (Lipinski definition) is 0. The molecule has 0 fully saturated rings. The molecule has 3 rings (SSSR count). The topological polar surface area (TPSA) is 36.4 Å². The number of thiazole rings is 1. The average Bonchev–Trinajstić information content (AvgIpc) is 3.19. The van der Waals surface area contributed by atoms with Gasteiger partial charge >= 0.3 is 0 Å². The van der Waals surface area contributed by atoms with Crippen LogP contribution in [-0.4, -0.2) is 47.7 Å². The zero-order valence-electron chi connectivity index (χ0n) is 18.1. The van der Waals surface area contributed by atoms with Crippen molar-refractivity contribution in [1.82, 2.24) is 9.88 Å². The van der Waals surface area contributed by atoms with Crippen LogP contribution in [0.1, 0.15) is 26.7 Å². The number of hydrogen-bond acceptors (Lipinski definition) is 5. The molecule has 32 heavy (non-hydrogen) atoms. The first-order valence-electron chi connectivity index (χ1n) is 10.6. The van der Waals surface area contributed by atoms with Gasteiger partial charge in [0.05, 0.1) is 4.70 Å². The number of carbonyl (C=O) groups excluding carboxylic acids is 1. The summed E-state index contributed by atoms with van der Waals surface area (Å²) in [6.07, 6.45) is 0.940. The summed E-state index contributed by atoms with van der Waals surface area (Å²) in [5, 5.41) is 0.382. The van der Waals surface area contributed by atoms with Crippen molar-refractivity contribution in [3.8, 4) is 0 Å². The third kappa shape index (κ3) is 6.46. The zero-order valence-corrected chi connectivity index (χ0v) is 19.7. The third-order valence-corrected chi connectivity index (χ3v) is 7.21. The lowest BCUT2D eigenvalue weighted by Crippen LogP contribution is -2.38. The van der Waals surface area contributed by atoms with Gasteiger partial charge in [-0.1, -0.05) is 25.2 Å². The fourth-order valence-corrected chi connectivity index (χ4v) is 5.15. The van der Waals surface area contributed by atoms with Crippen LogP contribution in [-0.2, 0) is 4.79 Å². The fraction of sp³-hybridized carbons (Fsp3) is 0.391. The number of amides is 1. The van der Waals surface area contributed by atoms with E-state index >= 15 is 0 Å². The third-order valence-electron chi connectivity index (χ3n) is 5.09. The van der Waals surface area contributed by atoms with Crippen LogP contribution in [0.4, 0.5) is 18.3 Å². The molecular weight excluding hydrogens is 455 g/mol. The predicted octanol–water partition coefficient (Wildman–Crippen LogP) is 5.96. The fourth-order valence-electron chi connectivity index (χ4n) is 3.25. The van der Waals surface area contributed by atoms with Gasteiger partial charge in [0, 0.05) is 30.5 Å². The second kappa shape index (κ2) is 11.7. The minimum Gasteiger partial charge on any atom is -0.302 e. The van der Waals surface area contributed by atoms with Crippen molar-refractivity contribution in [2.45, 2.75) is 31.6 Å². The van der Waals surface area contributed by atoms with Crippen molar-refractivity contribution in [1.29, 1.82) is 0 Å². The molecule has 0 radical (unpaired) electrons. The van der Waals surface area contributed by atoms with Crippen molar-refractivity contribution in [3.63, 3.8) is 0 Å². The predicted molar refractivity (Wildman–Crippen MR) is 126 cm³/mol. The molecule has 172 valence electrons. The second-order valence-corrected chi connectivity index (χ2v) is 9.39. The molecule has 1 amide bonds. The summed E-state index contributed by atoms with van der Waals surface area (Å²) in [5.41, 5.74) is 0.0823. The normalized spacial score (nSPS) is 11.4. The molecule has 0 unspecified atom stereocenters. The van der Waals surface area contributed by atoms with Gasteiger partial charge in [0.15, 0.2) is 10.9 Å². The maximum atomic E-state index is 14.1. The van der Waals surface area contributed by atoms with Crippen molar-refractivity contribution < 1.29 is 18.0 Å². The van der Waals surface area contributed by atoms with Gasteiger partial charge in [0.25, 0.3) is 0 Å². The number of anilines is 1. The molecule has 3 aromatic rings. The van der Waals surface area contributed by atoms with E-state index in [2.05, 4.69) is 23.7 Å². The van der Waals surface area contributed by atoms with E-state index in [4.69, 9.17) is 0 Å². The van der Waals surface area contributed by atoms with Gasteiger partial charge in [-0.25, -0.2) is 18.2 Å². The molecule has 9 heteroatoms. The lowest BCUT2D eigenvalue weighted by molar-refractivity contribution is -0.118. The molecule has 0 aliphatic heterocycles. The Morgan fingerprint density at radius 2 is 1.75 bits per heavy atom. The number of carbonyl (C=O) groups is 1. The van der Waals surface area contributed by atoms with Gasteiger partial charge in [-0.15, -0.1) is 11.8 Å². The van der Waals surface area contributed by atoms with E-state index in [0.29, 0.717) is 41.5 Å². The van der Waals surface area contributed by atoms with E-state index in [1.807, 2.05) is 0 Å². The molecule has 0 aliphatic carbocycles. The van der Waals surface area contributed by atoms with Crippen LogP contribution in [0.5, 0.6) is 0 Å². The second-order valence-electron chi connectivity index (χ2n) is 7.21. The van der Waals surface area contributed by atoms with Crippen LogP contribution in [0.3, 0.4) is 0 Å². The van der Waals surface area contributed by atoms with E-state index in [1.165, 1.54) is 18.2 Å². The lowest BCUT2D eigenvalue weighted by atomic mass is 10.3. The molecule has 2 aromatic carbocycles. The number of fused-ring (bicyclic) bond motifs is 1. The van der Waals surface area contributed by atoms with Crippen molar-refractivity contribution in [2.75, 3.05) is 36.8 Å². The Balaban J connectivity index is 1.69. The first-order chi connectivity index (χ1) is 15.4. The van der Waals surface area contributed by atoms with Crippen LogP contribution in [0, 0.1) is 17.5 Å². The minimum absolute atomic E-state index is 0.0823. The number of nitrogens with zero attached hydrogens (tertiary/aromatic N) is 3. The number of aromatic nitrogens is 1. The molecule has 0 aliphatic rings. The number of likely N-dealkylation sites (N-methyl/N-ethyl adjacent to an activating group) is 1. The van der Waals surface area contributed by atoms with Crippen LogP contribution >= 0.6 is 23.1 Å². The van der Waals surface area contributed by atoms with E-state index in [-0.39, 0.29) is 17.2 Å². The number of benzene rings is 2. The van der Waals surface area contributed by atoms with E-state index in [1.54, 1.807) is 28.8 Å². The maximum absolute atomic E-state index is 14.1. The SMILES string of the molecule is CCN(CC)CCN(C(=O)CCCSc1ccc(F)cc1)c1nc2c(F)cc(F)cc2s1. The Labute approximate surface area is 194 Å². The number of halogens is 3. The Kier molecular flexibility index (Phi) is 8.95. The van der Waals surface area contributed by atoms with Crippen LogP contribution in [0.15, 0.2) is 41.3 Å². The summed E-state index contributed by atoms with van der Waals surface area (Å²) in [7, 11) is 0. The number of thioether (sulfide) groups is 1. The van der Waals surface area contributed by atoms with Gasteiger partial charge < -0.3 is 4.90 Å². The Hall–Kier alpha value is -2.10. The molecular formula is C23H26F3N3OS2. The molecule has 0 N–H and O–H groups in total. The Bertz CT molecular complexity index is 1040. The van der Waals surface area contributed by atoms with Crippen LogP contribution < -0.4 is 4.90 Å². The summed E-state index contributed by atoms with van der Waals surface area (Å²) in [6.45, 7) is 6.90. The van der Waals surface area contributed by atoms with E-state index in [0.717, 1.165) is 35.4 Å². The first kappa shape index (κ1) is 24.5. The van der Waals surface area contributed by atoms with Crippen molar-refractivity contribution >= 4 is 44.4 Å². The summed E-state index contributed by atoms with van der Waals surface area (Å²) in [4.78, 5) is 22.1. The molecule has 0 saturated heterocycles.